The van der Waals surface area contributed by atoms with Gasteiger partial charge in [0.1, 0.15) is 5.76 Å². The van der Waals surface area contributed by atoms with Crippen molar-refractivity contribution in [3.05, 3.63) is 23.7 Å². The minimum Gasteiger partial charge on any atom is -0.501 e. The molecule has 14 heavy (non-hydrogen) atoms. The first-order valence-electron chi connectivity index (χ1n) is 3.77. The van der Waals surface area contributed by atoms with Gasteiger partial charge in [-0.1, -0.05) is 0 Å². The van der Waals surface area contributed by atoms with Crippen LogP contribution in [0.5, 0.6) is 0 Å². The summed E-state index contributed by atoms with van der Waals surface area (Å²) >= 11 is 0. The van der Waals surface area contributed by atoms with Crippen LogP contribution in [0.3, 0.4) is 0 Å². The van der Waals surface area contributed by atoms with Gasteiger partial charge in [0.15, 0.2) is 6.17 Å². The number of hydrogen-bond donors (Lipinski definition) is 0. The Labute approximate surface area is 77.8 Å². The molecule has 1 rings (SSSR count). The maximum absolute atomic E-state index is 13.0. The molecule has 1 atom stereocenters. The van der Waals surface area contributed by atoms with Crippen molar-refractivity contribution in [3.63, 3.8) is 0 Å². The fourth-order valence-corrected chi connectivity index (χ4v) is 1.01. The van der Waals surface area contributed by atoms with E-state index < -0.39 is 18.3 Å². The van der Waals surface area contributed by atoms with Crippen molar-refractivity contribution in [2.45, 2.75) is 19.0 Å². The molecule has 0 aliphatic heterocycles. The van der Waals surface area contributed by atoms with Gasteiger partial charge in [-0.25, -0.2) is 4.39 Å². The van der Waals surface area contributed by atoms with Gasteiger partial charge < -0.3 is 9.47 Å². The van der Waals surface area contributed by atoms with Gasteiger partial charge in [0.05, 0.1) is 12.9 Å². The molecule has 0 bridgehead atoms. The van der Waals surface area contributed by atoms with Gasteiger partial charge in [-0.2, -0.15) is 0 Å². The summed E-state index contributed by atoms with van der Waals surface area (Å²) in [6.07, 6.45) is -4.73. The second-order valence-corrected chi connectivity index (χ2v) is 2.63. The molecule has 2 nitrogen and oxygen atoms in total. The highest BCUT2D eigenvalue weighted by Crippen LogP contribution is 2.29. The Morgan fingerprint density at radius 3 is 2.43 bits per heavy atom. The molecule has 0 N–H and O–H groups in total. The fourth-order valence-electron chi connectivity index (χ4n) is 1.01. The van der Waals surface area contributed by atoms with E-state index in [4.69, 9.17) is 0 Å². The normalized spacial score (nSPS) is 22.5. The lowest BCUT2D eigenvalue weighted by molar-refractivity contribution is -0.309. The first-order chi connectivity index (χ1) is 6.42. The lowest BCUT2D eigenvalue weighted by Gasteiger charge is -2.19. The molecule has 0 aromatic carbocycles. The van der Waals surface area contributed by atoms with Crippen molar-refractivity contribution in [2.24, 2.45) is 0 Å². The number of allylic oxidation sites excluding steroid dienone is 4. The molecular weight excluding hydrogens is 204 g/mol. The third-order valence-corrected chi connectivity index (χ3v) is 1.62. The van der Waals surface area contributed by atoms with Gasteiger partial charge in [0, 0.05) is 6.42 Å². The smallest absolute Gasteiger partial charge is 0.501 e. The van der Waals surface area contributed by atoms with Crippen LogP contribution in [0.25, 0.3) is 0 Å². The molecule has 0 spiro atoms. The number of ether oxygens (including phenoxy) is 2. The average Bonchev–Trinajstić information content (AvgIpc) is 2.06. The van der Waals surface area contributed by atoms with Gasteiger partial charge in [-0.15, -0.1) is 13.2 Å². The first-order valence-corrected chi connectivity index (χ1v) is 3.77. The highest BCUT2D eigenvalue weighted by Gasteiger charge is 2.35. The largest absolute Gasteiger partial charge is 0.572 e. The predicted molar refractivity (Wildman–Crippen MR) is 39.8 cm³/mol. The molecule has 80 valence electrons. The summed E-state index contributed by atoms with van der Waals surface area (Å²) in [6.45, 7) is 0. The van der Waals surface area contributed by atoms with Crippen LogP contribution in [0.15, 0.2) is 23.7 Å². The molecule has 0 saturated heterocycles. The van der Waals surface area contributed by atoms with E-state index in [1.54, 1.807) is 0 Å². The molecule has 0 amide bonds. The Kier molecular flexibility index (Phi) is 3.03. The van der Waals surface area contributed by atoms with Crippen molar-refractivity contribution in [1.29, 1.82) is 0 Å². The van der Waals surface area contributed by atoms with Crippen molar-refractivity contribution in [3.8, 4) is 0 Å². The number of methoxy groups -OCH3 is 1. The minimum atomic E-state index is -4.85. The van der Waals surface area contributed by atoms with E-state index in [1.807, 2.05) is 0 Å². The van der Waals surface area contributed by atoms with Crippen LogP contribution in [0, 0.1) is 0 Å². The fraction of sp³-hybridized carbons (Fsp3) is 0.500. The second-order valence-electron chi connectivity index (χ2n) is 2.63. The number of halogens is 4. The van der Waals surface area contributed by atoms with Crippen LogP contribution in [0.2, 0.25) is 0 Å². The van der Waals surface area contributed by atoms with Crippen molar-refractivity contribution in [1.82, 2.24) is 0 Å². The Morgan fingerprint density at radius 1 is 1.36 bits per heavy atom. The van der Waals surface area contributed by atoms with Gasteiger partial charge in [0.2, 0.25) is 0 Å². The third kappa shape index (κ3) is 2.93. The molecule has 0 fully saturated rings. The number of rotatable bonds is 2. The summed E-state index contributed by atoms with van der Waals surface area (Å²) in [5.41, 5.74) is 0. The number of alkyl halides is 4. The summed E-state index contributed by atoms with van der Waals surface area (Å²) in [7, 11) is 1.32. The Morgan fingerprint density at radius 2 is 2.00 bits per heavy atom. The highest BCUT2D eigenvalue weighted by atomic mass is 19.4. The van der Waals surface area contributed by atoms with E-state index in [2.05, 4.69) is 9.47 Å². The molecule has 1 aliphatic carbocycles. The predicted octanol–water partition coefficient (Wildman–Crippen LogP) is 2.68. The molecule has 0 aromatic heterocycles. The Balaban J connectivity index is 2.70. The summed E-state index contributed by atoms with van der Waals surface area (Å²) < 4.78 is 56.3. The van der Waals surface area contributed by atoms with E-state index >= 15 is 0 Å². The van der Waals surface area contributed by atoms with Crippen molar-refractivity contribution >= 4 is 0 Å². The van der Waals surface area contributed by atoms with Crippen molar-refractivity contribution in [2.75, 3.05) is 7.11 Å². The molecule has 0 saturated carbocycles. The molecular formula is C8H8F4O2. The summed E-state index contributed by atoms with van der Waals surface area (Å²) in [5, 5.41) is 0. The quantitative estimate of drug-likeness (QED) is 0.655. The third-order valence-electron chi connectivity index (χ3n) is 1.62. The molecule has 0 radical (unpaired) electrons. The van der Waals surface area contributed by atoms with Crippen LogP contribution >= 0.6 is 0 Å². The van der Waals surface area contributed by atoms with E-state index in [1.165, 1.54) is 13.2 Å². The molecule has 6 heteroatoms. The van der Waals surface area contributed by atoms with Crippen molar-refractivity contribution < 1.29 is 27.0 Å². The second kappa shape index (κ2) is 3.89. The van der Waals surface area contributed by atoms with Crippen LogP contribution < -0.4 is 0 Å². The maximum Gasteiger partial charge on any atom is 0.572 e. The Hall–Kier alpha value is -1.20. The Bertz CT molecular complexity index is 267. The van der Waals surface area contributed by atoms with Crippen LogP contribution in [-0.4, -0.2) is 19.6 Å². The average molecular weight is 212 g/mol. The van der Waals surface area contributed by atoms with E-state index in [9.17, 15) is 17.6 Å². The number of hydrogen-bond acceptors (Lipinski definition) is 2. The molecule has 0 aromatic rings. The minimum absolute atomic E-state index is 0.238. The molecule has 1 aliphatic rings. The van der Waals surface area contributed by atoms with E-state index in [0.29, 0.717) is 0 Å². The highest BCUT2D eigenvalue weighted by molar-refractivity contribution is 5.21. The zero-order chi connectivity index (χ0) is 10.8. The van der Waals surface area contributed by atoms with Gasteiger partial charge in [-0.3, -0.25) is 0 Å². The standard InChI is InChI=1S/C8H8F4O2/c1-13-5-2-3-7(6(9)4-5)14-8(10,11)12/h2-3,6H,4H2,1H3. The van der Waals surface area contributed by atoms with Gasteiger partial charge >= 0.3 is 6.36 Å². The monoisotopic (exact) mass is 212 g/mol. The van der Waals surface area contributed by atoms with Gasteiger partial charge in [0.25, 0.3) is 0 Å². The first kappa shape index (κ1) is 10.9. The van der Waals surface area contributed by atoms with E-state index in [-0.39, 0.29) is 12.2 Å². The topological polar surface area (TPSA) is 18.5 Å². The van der Waals surface area contributed by atoms with E-state index in [0.717, 1.165) is 6.08 Å². The van der Waals surface area contributed by atoms with Crippen LogP contribution in [0.1, 0.15) is 6.42 Å². The van der Waals surface area contributed by atoms with Crippen LogP contribution in [-0.2, 0) is 9.47 Å². The van der Waals surface area contributed by atoms with Crippen LogP contribution in [0.4, 0.5) is 17.6 Å². The molecule has 0 heterocycles. The SMILES string of the molecule is COC1=CC=C(OC(F)(F)F)C(F)C1. The summed E-state index contributed by atoms with van der Waals surface area (Å²) in [6, 6.07) is 0. The lowest BCUT2D eigenvalue weighted by Crippen LogP contribution is -2.20. The summed E-state index contributed by atoms with van der Waals surface area (Å²) in [5.74, 6) is -0.453. The lowest BCUT2D eigenvalue weighted by atomic mass is 10.1. The zero-order valence-electron chi connectivity index (χ0n) is 7.27. The molecule has 1 unspecified atom stereocenters. The summed E-state index contributed by atoms with van der Waals surface area (Å²) in [4.78, 5) is 0. The zero-order valence-corrected chi connectivity index (χ0v) is 7.27. The maximum atomic E-state index is 13.0. The van der Waals surface area contributed by atoms with Gasteiger partial charge in [-0.05, 0) is 12.2 Å².